The molecule has 0 unspecified atom stereocenters. The fourth-order valence-electron chi connectivity index (χ4n) is 2.23. The van der Waals surface area contributed by atoms with E-state index in [1.54, 1.807) is 0 Å². The van der Waals surface area contributed by atoms with Gasteiger partial charge in [-0.25, -0.2) is 0 Å². The highest BCUT2D eigenvalue weighted by Crippen LogP contribution is 2.45. The summed E-state index contributed by atoms with van der Waals surface area (Å²) in [5, 5.41) is 44.7. The first-order chi connectivity index (χ1) is 12.2. The highest BCUT2D eigenvalue weighted by atomic mass is 16.7. The molecule has 0 bridgehead atoms. The van der Waals surface area contributed by atoms with Gasteiger partial charge in [-0.1, -0.05) is 30.3 Å². The largest absolute Gasteiger partial charge is 0.430 e. The summed E-state index contributed by atoms with van der Waals surface area (Å²) in [6.45, 7) is 0. The zero-order valence-corrected chi connectivity index (χ0v) is 12.4. The minimum atomic E-state index is -1.73. The molecule has 0 atom stereocenters. The molecule has 0 aliphatic carbocycles. The van der Waals surface area contributed by atoms with Crippen LogP contribution in [0.1, 0.15) is 15.9 Å². The van der Waals surface area contributed by atoms with Gasteiger partial charge < -0.3 is 0 Å². The monoisotopic (exact) mass is 362 g/mol. The van der Waals surface area contributed by atoms with E-state index in [4.69, 9.17) is 0 Å². The highest BCUT2D eigenvalue weighted by molar-refractivity contribution is 6.13. The molecule has 0 radical (unpaired) electrons. The molecular weight excluding hydrogens is 356 g/mol. The Kier molecular flexibility index (Phi) is 4.64. The summed E-state index contributed by atoms with van der Waals surface area (Å²) in [5.74, 6) is -1.13. The van der Waals surface area contributed by atoms with E-state index in [1.807, 2.05) is 0 Å². The average molecular weight is 362 g/mol. The van der Waals surface area contributed by atoms with E-state index in [-0.39, 0.29) is 5.56 Å². The number of hydrogen-bond donors (Lipinski definition) is 0. The van der Waals surface area contributed by atoms with E-state index in [9.17, 15) is 45.3 Å². The second kappa shape index (κ2) is 6.68. The van der Waals surface area contributed by atoms with Crippen molar-refractivity contribution in [3.8, 4) is 0 Å². The van der Waals surface area contributed by atoms with Gasteiger partial charge in [0, 0.05) is 11.6 Å². The van der Waals surface area contributed by atoms with E-state index >= 15 is 0 Å². The predicted molar refractivity (Wildman–Crippen MR) is 82.9 cm³/mol. The fraction of sp³-hybridized carbons (Fsp3) is 0. The van der Waals surface area contributed by atoms with Gasteiger partial charge in [-0.05, 0) is 0 Å². The third kappa shape index (κ3) is 3.03. The maximum Gasteiger partial charge on any atom is 0.430 e. The molecule has 0 saturated heterocycles. The molecule has 0 aliphatic heterocycles. The number of benzene rings is 2. The number of ketones is 1. The van der Waals surface area contributed by atoms with Crippen molar-refractivity contribution in [2.75, 3.05) is 0 Å². The molecule has 0 heterocycles. The minimum absolute atomic E-state index is 0.145. The highest BCUT2D eigenvalue weighted by Gasteiger charge is 2.47. The SMILES string of the molecule is O=C(c1ccccc1)c1cc([N+](=O)[O-])c([N+](=O)[O-])c([N+](=O)[O-])c1[N+](=O)[O-]. The van der Waals surface area contributed by atoms with Gasteiger partial charge in [0.05, 0.1) is 19.7 Å². The summed E-state index contributed by atoms with van der Waals surface area (Å²) in [4.78, 5) is 51.5. The summed E-state index contributed by atoms with van der Waals surface area (Å²) in [5.41, 5.74) is -7.42. The molecule has 132 valence electrons. The van der Waals surface area contributed by atoms with Crippen molar-refractivity contribution in [1.29, 1.82) is 0 Å². The summed E-state index contributed by atoms with van der Waals surface area (Å²) in [6.07, 6.45) is 0. The van der Waals surface area contributed by atoms with Crippen molar-refractivity contribution in [1.82, 2.24) is 0 Å². The van der Waals surface area contributed by atoms with Crippen LogP contribution >= 0.6 is 0 Å². The second-order valence-corrected chi connectivity index (χ2v) is 4.71. The standard InChI is InChI=1S/C13H6N4O9/c18-13(7-4-2-1-3-5-7)8-6-9(14(19)20)11(16(23)24)12(17(25)26)10(8)15(21)22/h1-6H. The molecule has 0 aromatic heterocycles. The molecule has 0 aliphatic rings. The lowest BCUT2D eigenvalue weighted by molar-refractivity contribution is -0.451. The molecule has 0 amide bonds. The van der Waals surface area contributed by atoms with Crippen LogP contribution in [0.15, 0.2) is 36.4 Å². The van der Waals surface area contributed by atoms with Gasteiger partial charge in [-0.15, -0.1) is 0 Å². The van der Waals surface area contributed by atoms with Crippen LogP contribution in [-0.2, 0) is 0 Å². The molecule has 0 fully saturated rings. The molecule has 0 saturated carbocycles. The smallest absolute Gasteiger partial charge is 0.288 e. The van der Waals surface area contributed by atoms with Gasteiger partial charge in [-0.2, -0.15) is 0 Å². The Morgan fingerprint density at radius 3 is 1.62 bits per heavy atom. The van der Waals surface area contributed by atoms with Gasteiger partial charge in [0.25, 0.3) is 0 Å². The lowest BCUT2D eigenvalue weighted by atomic mass is 9.99. The van der Waals surface area contributed by atoms with Gasteiger partial charge in [0.1, 0.15) is 5.56 Å². The van der Waals surface area contributed by atoms with Crippen molar-refractivity contribution in [2.24, 2.45) is 0 Å². The van der Waals surface area contributed by atoms with E-state index in [2.05, 4.69) is 0 Å². The quantitative estimate of drug-likeness (QED) is 0.422. The van der Waals surface area contributed by atoms with E-state index in [0.717, 1.165) is 0 Å². The third-order valence-corrected chi connectivity index (χ3v) is 3.25. The van der Waals surface area contributed by atoms with Crippen LogP contribution in [0.25, 0.3) is 0 Å². The molecular formula is C13H6N4O9. The Bertz CT molecular complexity index is 971. The van der Waals surface area contributed by atoms with Crippen LogP contribution in [0.3, 0.4) is 0 Å². The van der Waals surface area contributed by atoms with Crippen LogP contribution in [-0.4, -0.2) is 25.5 Å². The minimum Gasteiger partial charge on any atom is -0.288 e. The van der Waals surface area contributed by atoms with Crippen LogP contribution in [0.2, 0.25) is 0 Å². The summed E-state index contributed by atoms with van der Waals surface area (Å²) >= 11 is 0. The maximum atomic E-state index is 12.5. The molecule has 13 nitrogen and oxygen atoms in total. The van der Waals surface area contributed by atoms with Crippen molar-refractivity contribution in [3.63, 3.8) is 0 Å². The Morgan fingerprint density at radius 1 is 0.692 bits per heavy atom. The number of carbonyl (C=O) groups is 1. The third-order valence-electron chi connectivity index (χ3n) is 3.25. The molecule has 2 aromatic carbocycles. The maximum absolute atomic E-state index is 12.5. The topological polar surface area (TPSA) is 190 Å². The number of nitrogens with zero attached hydrogens (tertiary/aromatic N) is 4. The first-order valence-corrected chi connectivity index (χ1v) is 6.55. The van der Waals surface area contributed by atoms with E-state index in [0.29, 0.717) is 6.07 Å². The first kappa shape index (κ1) is 18.1. The summed E-state index contributed by atoms with van der Waals surface area (Å²) < 4.78 is 0. The van der Waals surface area contributed by atoms with Gasteiger partial charge in [0.2, 0.25) is 0 Å². The van der Waals surface area contributed by atoms with Crippen LogP contribution in [0, 0.1) is 40.5 Å². The normalized spacial score (nSPS) is 10.2. The van der Waals surface area contributed by atoms with Crippen LogP contribution < -0.4 is 0 Å². The Hall–Kier alpha value is -4.29. The first-order valence-electron chi connectivity index (χ1n) is 6.55. The van der Waals surface area contributed by atoms with Crippen molar-refractivity contribution >= 4 is 28.5 Å². The van der Waals surface area contributed by atoms with Crippen molar-refractivity contribution in [3.05, 3.63) is 88.0 Å². The number of hydrogen-bond acceptors (Lipinski definition) is 9. The number of nitro benzene ring substituents is 4. The van der Waals surface area contributed by atoms with Crippen LogP contribution in [0.5, 0.6) is 0 Å². The number of nitro groups is 4. The van der Waals surface area contributed by atoms with Crippen molar-refractivity contribution in [2.45, 2.75) is 0 Å². The number of rotatable bonds is 6. The summed E-state index contributed by atoms with van der Waals surface area (Å²) in [7, 11) is 0. The molecule has 13 heteroatoms. The Labute approximate surface area is 142 Å². The zero-order chi connectivity index (χ0) is 19.6. The molecule has 2 rings (SSSR count). The molecule has 26 heavy (non-hydrogen) atoms. The predicted octanol–water partition coefficient (Wildman–Crippen LogP) is 2.55. The van der Waals surface area contributed by atoms with Crippen molar-refractivity contribution < 1.29 is 24.5 Å². The lowest BCUT2D eigenvalue weighted by Crippen LogP contribution is -2.11. The Morgan fingerprint density at radius 2 is 1.19 bits per heavy atom. The van der Waals surface area contributed by atoms with Gasteiger partial charge >= 0.3 is 22.7 Å². The van der Waals surface area contributed by atoms with Gasteiger partial charge in [-0.3, -0.25) is 45.3 Å². The molecule has 0 spiro atoms. The number of carbonyl (C=O) groups excluding carboxylic acids is 1. The lowest BCUT2D eigenvalue weighted by Gasteiger charge is -2.04. The van der Waals surface area contributed by atoms with Crippen LogP contribution in [0.4, 0.5) is 22.7 Å². The van der Waals surface area contributed by atoms with E-state index in [1.165, 1.54) is 30.3 Å². The Balaban J connectivity index is 2.99. The summed E-state index contributed by atoms with van der Waals surface area (Å²) in [6, 6.07) is 7.07. The fourth-order valence-corrected chi connectivity index (χ4v) is 2.23. The molecule has 2 aromatic rings. The van der Waals surface area contributed by atoms with E-state index < -0.39 is 53.8 Å². The van der Waals surface area contributed by atoms with Gasteiger partial charge in [0.15, 0.2) is 5.78 Å². The molecule has 0 N–H and O–H groups in total. The average Bonchev–Trinajstić information content (AvgIpc) is 2.59. The second-order valence-electron chi connectivity index (χ2n) is 4.71. The zero-order valence-electron chi connectivity index (χ0n) is 12.4.